The zero-order valence-corrected chi connectivity index (χ0v) is 7.92. The lowest BCUT2D eigenvalue weighted by molar-refractivity contribution is 0.347. The Hall–Kier alpha value is -0.0400. The summed E-state index contributed by atoms with van der Waals surface area (Å²) in [4.78, 5) is 0. The van der Waals surface area contributed by atoms with Crippen molar-refractivity contribution in [3.63, 3.8) is 0 Å². The lowest BCUT2D eigenvalue weighted by atomic mass is 9.95. The van der Waals surface area contributed by atoms with Crippen molar-refractivity contribution in [3.8, 4) is 0 Å². The number of fused-ring (bicyclic) bond motifs is 1. The summed E-state index contributed by atoms with van der Waals surface area (Å²) < 4.78 is 0. The smallest absolute Gasteiger partial charge is 0.0101 e. The Morgan fingerprint density at radius 3 is 2.67 bits per heavy atom. The van der Waals surface area contributed by atoms with Crippen molar-refractivity contribution in [1.82, 2.24) is 5.32 Å². The highest BCUT2D eigenvalue weighted by Crippen LogP contribution is 2.50. The van der Waals surface area contributed by atoms with Crippen molar-refractivity contribution in [2.24, 2.45) is 17.8 Å². The third-order valence-electron chi connectivity index (χ3n) is 4.12. The fourth-order valence-corrected chi connectivity index (χ4v) is 2.95. The molecular formula is C11H19N. The van der Waals surface area contributed by atoms with Crippen LogP contribution in [0.4, 0.5) is 0 Å². The predicted octanol–water partition coefficient (Wildman–Crippen LogP) is 2.17. The quantitative estimate of drug-likeness (QED) is 0.661. The summed E-state index contributed by atoms with van der Waals surface area (Å²) in [5, 5.41) is 3.83. The minimum absolute atomic E-state index is 0.898. The van der Waals surface area contributed by atoms with Crippen LogP contribution >= 0.6 is 0 Å². The Morgan fingerprint density at radius 1 is 1.08 bits per heavy atom. The van der Waals surface area contributed by atoms with Gasteiger partial charge < -0.3 is 5.32 Å². The van der Waals surface area contributed by atoms with Crippen LogP contribution in [0.5, 0.6) is 0 Å². The summed E-state index contributed by atoms with van der Waals surface area (Å²) >= 11 is 0. The Morgan fingerprint density at radius 2 is 1.92 bits per heavy atom. The average Bonchev–Trinajstić information content (AvgIpc) is 2.89. The second-order valence-corrected chi connectivity index (χ2v) is 5.18. The van der Waals surface area contributed by atoms with Gasteiger partial charge in [-0.15, -0.1) is 0 Å². The van der Waals surface area contributed by atoms with E-state index in [-0.39, 0.29) is 0 Å². The van der Waals surface area contributed by atoms with Gasteiger partial charge in [0.15, 0.2) is 0 Å². The monoisotopic (exact) mass is 165 g/mol. The van der Waals surface area contributed by atoms with E-state index in [1.807, 2.05) is 0 Å². The molecule has 3 fully saturated rings. The first kappa shape index (κ1) is 7.37. The highest BCUT2D eigenvalue weighted by Gasteiger charge is 2.47. The average molecular weight is 165 g/mol. The van der Waals surface area contributed by atoms with Crippen LogP contribution in [0.25, 0.3) is 0 Å². The van der Waals surface area contributed by atoms with Gasteiger partial charge in [-0.2, -0.15) is 0 Å². The van der Waals surface area contributed by atoms with Crippen LogP contribution in [0.2, 0.25) is 0 Å². The van der Waals surface area contributed by atoms with E-state index in [2.05, 4.69) is 12.2 Å². The molecule has 1 heteroatoms. The molecule has 3 aliphatic rings. The molecule has 0 heterocycles. The van der Waals surface area contributed by atoms with Gasteiger partial charge in [0.25, 0.3) is 0 Å². The molecule has 0 amide bonds. The highest BCUT2D eigenvalue weighted by atomic mass is 15.0. The van der Waals surface area contributed by atoms with Gasteiger partial charge in [0.05, 0.1) is 0 Å². The van der Waals surface area contributed by atoms with Crippen LogP contribution in [0.3, 0.4) is 0 Å². The van der Waals surface area contributed by atoms with E-state index < -0.39 is 0 Å². The fourth-order valence-electron chi connectivity index (χ4n) is 2.95. The molecule has 0 saturated heterocycles. The molecule has 0 aromatic heterocycles. The summed E-state index contributed by atoms with van der Waals surface area (Å²) in [5.74, 6) is 3.20. The molecule has 0 bridgehead atoms. The summed E-state index contributed by atoms with van der Waals surface area (Å²) in [5.41, 5.74) is 0. The molecule has 0 aliphatic heterocycles. The first-order valence-corrected chi connectivity index (χ1v) is 5.60. The lowest BCUT2D eigenvalue weighted by Crippen LogP contribution is -2.35. The van der Waals surface area contributed by atoms with E-state index in [9.17, 15) is 0 Å². The van der Waals surface area contributed by atoms with Crippen LogP contribution < -0.4 is 5.32 Å². The van der Waals surface area contributed by atoms with Crippen molar-refractivity contribution in [3.05, 3.63) is 0 Å². The van der Waals surface area contributed by atoms with Crippen molar-refractivity contribution >= 4 is 0 Å². The molecule has 5 atom stereocenters. The van der Waals surface area contributed by atoms with E-state index in [0.717, 1.165) is 29.8 Å². The Balaban J connectivity index is 1.55. The first-order chi connectivity index (χ1) is 5.84. The van der Waals surface area contributed by atoms with E-state index in [1.54, 1.807) is 6.42 Å². The van der Waals surface area contributed by atoms with E-state index in [0.29, 0.717) is 0 Å². The third-order valence-corrected chi connectivity index (χ3v) is 4.12. The molecule has 3 aliphatic carbocycles. The number of rotatable bonds is 2. The van der Waals surface area contributed by atoms with Gasteiger partial charge in [-0.25, -0.2) is 0 Å². The molecule has 0 aromatic carbocycles. The molecular weight excluding hydrogens is 146 g/mol. The zero-order chi connectivity index (χ0) is 8.13. The van der Waals surface area contributed by atoms with E-state index in [1.165, 1.54) is 25.7 Å². The van der Waals surface area contributed by atoms with E-state index in [4.69, 9.17) is 0 Å². The van der Waals surface area contributed by atoms with Crippen molar-refractivity contribution in [2.45, 2.75) is 51.1 Å². The van der Waals surface area contributed by atoms with Crippen molar-refractivity contribution in [1.29, 1.82) is 0 Å². The summed E-state index contributed by atoms with van der Waals surface area (Å²) in [7, 11) is 0. The molecule has 12 heavy (non-hydrogen) atoms. The maximum absolute atomic E-state index is 3.83. The van der Waals surface area contributed by atoms with Crippen LogP contribution in [0.1, 0.15) is 39.0 Å². The Bertz CT molecular complexity index is 189. The maximum Gasteiger partial charge on any atom is 0.0101 e. The molecule has 3 saturated carbocycles. The van der Waals surface area contributed by atoms with Gasteiger partial charge in [-0.1, -0.05) is 19.8 Å². The normalized spacial score (nSPS) is 56.2. The van der Waals surface area contributed by atoms with Gasteiger partial charge >= 0.3 is 0 Å². The number of hydrogen-bond donors (Lipinski definition) is 1. The Labute approximate surface area is 74.9 Å². The van der Waals surface area contributed by atoms with Crippen LogP contribution in [-0.4, -0.2) is 12.1 Å². The molecule has 0 aromatic rings. The fraction of sp³-hybridized carbons (Fsp3) is 1.00. The molecule has 3 rings (SSSR count). The summed E-state index contributed by atoms with van der Waals surface area (Å²) in [6, 6.07) is 1.81. The van der Waals surface area contributed by atoms with Crippen molar-refractivity contribution < 1.29 is 0 Å². The van der Waals surface area contributed by atoms with Gasteiger partial charge in [-0.3, -0.25) is 0 Å². The summed E-state index contributed by atoms with van der Waals surface area (Å²) in [6.07, 6.45) is 7.46. The second kappa shape index (κ2) is 2.47. The third kappa shape index (κ3) is 1.19. The Kier molecular flexibility index (Phi) is 1.52. The second-order valence-electron chi connectivity index (χ2n) is 5.18. The van der Waals surface area contributed by atoms with Crippen molar-refractivity contribution in [2.75, 3.05) is 0 Å². The molecule has 1 nitrogen and oxygen atoms in total. The predicted molar refractivity (Wildman–Crippen MR) is 49.9 cm³/mol. The minimum Gasteiger partial charge on any atom is -0.311 e. The first-order valence-electron chi connectivity index (χ1n) is 5.60. The lowest BCUT2D eigenvalue weighted by Gasteiger charge is -2.22. The molecule has 68 valence electrons. The number of nitrogens with one attached hydrogen (secondary N) is 1. The molecule has 5 unspecified atom stereocenters. The summed E-state index contributed by atoms with van der Waals surface area (Å²) in [6.45, 7) is 2.37. The molecule has 1 N–H and O–H groups in total. The molecule has 0 radical (unpaired) electrons. The van der Waals surface area contributed by atoms with Gasteiger partial charge in [-0.05, 0) is 37.0 Å². The largest absolute Gasteiger partial charge is 0.311 e. The minimum atomic E-state index is 0.898. The highest BCUT2D eigenvalue weighted by molar-refractivity contribution is 5.02. The number of hydrogen-bond acceptors (Lipinski definition) is 1. The maximum atomic E-state index is 3.83. The van der Waals surface area contributed by atoms with Gasteiger partial charge in [0, 0.05) is 12.1 Å². The molecule has 0 spiro atoms. The van der Waals surface area contributed by atoms with E-state index >= 15 is 0 Å². The van der Waals surface area contributed by atoms with Crippen LogP contribution in [0.15, 0.2) is 0 Å². The van der Waals surface area contributed by atoms with Crippen LogP contribution in [0, 0.1) is 17.8 Å². The van der Waals surface area contributed by atoms with Crippen LogP contribution in [-0.2, 0) is 0 Å². The van der Waals surface area contributed by atoms with Gasteiger partial charge in [0.1, 0.15) is 0 Å². The van der Waals surface area contributed by atoms with Gasteiger partial charge in [0.2, 0.25) is 0 Å². The standard InChI is InChI=1S/C11H19N/c1-7-5-11(7)12-10-4-2-3-8-6-9(8)10/h7-12H,2-6H2,1H3. The SMILES string of the molecule is CC1CC1NC1CCCC2CC21. The zero-order valence-electron chi connectivity index (χ0n) is 7.92. The topological polar surface area (TPSA) is 12.0 Å².